The molecule has 0 spiro atoms. The molecule has 0 unspecified atom stereocenters. The molecule has 0 saturated carbocycles. The summed E-state index contributed by atoms with van der Waals surface area (Å²) in [6, 6.07) is 11.8. The van der Waals surface area contributed by atoms with Gasteiger partial charge in [-0.1, -0.05) is 33.6 Å². The van der Waals surface area contributed by atoms with Crippen LogP contribution in [0.4, 0.5) is 11.4 Å². The van der Waals surface area contributed by atoms with Gasteiger partial charge in [0.2, 0.25) is 0 Å². The molecular formula is C17H16BrNO2. The van der Waals surface area contributed by atoms with E-state index < -0.39 is 5.97 Å². The topological polar surface area (TPSA) is 40.5 Å². The summed E-state index contributed by atoms with van der Waals surface area (Å²) in [7, 11) is 0. The molecule has 3 rings (SSSR count). The zero-order valence-electron chi connectivity index (χ0n) is 11.8. The van der Waals surface area contributed by atoms with E-state index >= 15 is 0 Å². The van der Waals surface area contributed by atoms with Crippen LogP contribution in [0.1, 0.15) is 27.9 Å². The van der Waals surface area contributed by atoms with Gasteiger partial charge in [-0.25, -0.2) is 4.79 Å². The monoisotopic (exact) mass is 345 g/mol. The fourth-order valence-electron chi connectivity index (χ4n) is 2.85. The van der Waals surface area contributed by atoms with E-state index in [0.717, 1.165) is 29.5 Å². The van der Waals surface area contributed by atoms with Crippen LogP contribution in [-0.4, -0.2) is 17.6 Å². The highest BCUT2D eigenvalue weighted by Gasteiger charge is 2.19. The van der Waals surface area contributed by atoms with Crippen molar-refractivity contribution in [1.82, 2.24) is 0 Å². The minimum Gasteiger partial charge on any atom is -0.478 e. The molecule has 108 valence electrons. The smallest absolute Gasteiger partial charge is 0.335 e. The first-order valence-corrected chi connectivity index (χ1v) is 7.75. The number of aryl methyl sites for hydroxylation is 2. The van der Waals surface area contributed by atoms with Gasteiger partial charge in [0.05, 0.1) is 5.56 Å². The Balaban J connectivity index is 2.08. The lowest BCUT2D eigenvalue weighted by atomic mass is 9.99. The Hall–Kier alpha value is -1.81. The number of carbonyl (C=O) groups is 1. The van der Waals surface area contributed by atoms with Gasteiger partial charge in [0, 0.05) is 22.4 Å². The van der Waals surface area contributed by atoms with Crippen LogP contribution in [0.5, 0.6) is 0 Å². The van der Waals surface area contributed by atoms with Crippen LogP contribution < -0.4 is 4.90 Å². The number of halogens is 1. The molecule has 0 atom stereocenters. The summed E-state index contributed by atoms with van der Waals surface area (Å²) in [5.74, 6) is -0.904. The van der Waals surface area contributed by atoms with Crippen LogP contribution in [0.25, 0.3) is 0 Å². The molecule has 0 aliphatic carbocycles. The average Bonchev–Trinajstić information content (AvgIpc) is 2.45. The number of hydrogen-bond donors (Lipinski definition) is 1. The lowest BCUT2D eigenvalue weighted by molar-refractivity contribution is 0.0697. The minimum atomic E-state index is -0.904. The second-order valence-electron chi connectivity index (χ2n) is 5.39. The minimum absolute atomic E-state index is 0.304. The van der Waals surface area contributed by atoms with E-state index in [1.807, 2.05) is 6.07 Å². The van der Waals surface area contributed by atoms with Crippen molar-refractivity contribution in [3.63, 3.8) is 0 Å². The number of benzene rings is 2. The highest BCUT2D eigenvalue weighted by atomic mass is 79.9. The molecule has 4 heteroatoms. The first-order valence-electron chi connectivity index (χ1n) is 6.95. The van der Waals surface area contributed by atoms with Crippen molar-refractivity contribution in [3.8, 4) is 0 Å². The van der Waals surface area contributed by atoms with Gasteiger partial charge in [0.25, 0.3) is 0 Å². The average molecular weight is 346 g/mol. The number of carboxylic acid groups (broad SMARTS) is 1. The van der Waals surface area contributed by atoms with E-state index in [4.69, 9.17) is 0 Å². The summed E-state index contributed by atoms with van der Waals surface area (Å²) in [6.07, 6.45) is 2.15. The van der Waals surface area contributed by atoms with Gasteiger partial charge in [0.15, 0.2) is 0 Å². The molecular weight excluding hydrogens is 330 g/mol. The normalized spacial score (nSPS) is 13.9. The van der Waals surface area contributed by atoms with E-state index in [0.29, 0.717) is 5.56 Å². The molecule has 1 N–H and O–H groups in total. The molecule has 0 fully saturated rings. The molecule has 1 aliphatic rings. The Kier molecular flexibility index (Phi) is 3.72. The third kappa shape index (κ3) is 2.81. The highest BCUT2D eigenvalue weighted by Crippen LogP contribution is 2.35. The predicted molar refractivity (Wildman–Crippen MR) is 87.6 cm³/mol. The molecule has 0 amide bonds. The second-order valence-corrected chi connectivity index (χ2v) is 6.31. The van der Waals surface area contributed by atoms with Gasteiger partial charge < -0.3 is 10.0 Å². The lowest BCUT2D eigenvalue weighted by Crippen LogP contribution is -2.24. The largest absolute Gasteiger partial charge is 0.478 e. The Morgan fingerprint density at radius 1 is 1.24 bits per heavy atom. The molecule has 1 aliphatic heterocycles. The van der Waals surface area contributed by atoms with E-state index in [2.05, 4.69) is 46.0 Å². The highest BCUT2D eigenvalue weighted by molar-refractivity contribution is 9.10. The molecule has 0 radical (unpaired) electrons. The van der Waals surface area contributed by atoms with Crippen LogP contribution in [0.3, 0.4) is 0 Å². The third-order valence-corrected chi connectivity index (χ3v) is 4.25. The maximum absolute atomic E-state index is 11.2. The molecule has 2 aromatic rings. The van der Waals surface area contributed by atoms with Gasteiger partial charge in [-0.05, 0) is 49.6 Å². The summed E-state index contributed by atoms with van der Waals surface area (Å²) in [4.78, 5) is 13.4. The number of rotatable bonds is 2. The number of anilines is 2. The van der Waals surface area contributed by atoms with E-state index in [1.165, 1.54) is 16.8 Å². The standard InChI is InChI=1S/C17H16BrNO2/c1-11-4-5-16-12(7-11)3-2-6-19(16)15-9-13(17(20)21)8-14(18)10-15/h4-5,7-10H,2-3,6H2,1H3,(H,20,21). The zero-order valence-corrected chi connectivity index (χ0v) is 13.4. The molecule has 1 heterocycles. The van der Waals surface area contributed by atoms with Crippen LogP contribution in [0.2, 0.25) is 0 Å². The van der Waals surface area contributed by atoms with Gasteiger partial charge in [-0.3, -0.25) is 0 Å². The summed E-state index contributed by atoms with van der Waals surface area (Å²) in [5.41, 5.74) is 5.00. The Bertz CT molecular complexity index is 712. The maximum atomic E-state index is 11.2. The predicted octanol–water partition coefficient (Wildman–Crippen LogP) is 4.54. The third-order valence-electron chi connectivity index (χ3n) is 3.79. The molecule has 0 aromatic heterocycles. The van der Waals surface area contributed by atoms with Crippen LogP contribution in [0.15, 0.2) is 40.9 Å². The zero-order chi connectivity index (χ0) is 15.0. The SMILES string of the molecule is Cc1ccc2c(c1)CCCN2c1cc(Br)cc(C(=O)O)c1. The van der Waals surface area contributed by atoms with Crippen LogP contribution in [0, 0.1) is 6.92 Å². The fraction of sp³-hybridized carbons (Fsp3) is 0.235. The number of nitrogens with zero attached hydrogens (tertiary/aromatic N) is 1. The van der Waals surface area contributed by atoms with Gasteiger partial charge in [0.1, 0.15) is 0 Å². The molecule has 3 nitrogen and oxygen atoms in total. The maximum Gasteiger partial charge on any atom is 0.335 e. The second kappa shape index (κ2) is 5.53. The Morgan fingerprint density at radius 3 is 2.81 bits per heavy atom. The first-order chi connectivity index (χ1) is 10.0. The number of hydrogen-bond acceptors (Lipinski definition) is 2. The summed E-state index contributed by atoms with van der Waals surface area (Å²) in [5, 5.41) is 9.22. The van der Waals surface area contributed by atoms with Gasteiger partial charge in [-0.15, -0.1) is 0 Å². The van der Waals surface area contributed by atoms with E-state index in [9.17, 15) is 9.90 Å². The van der Waals surface area contributed by atoms with Crippen molar-refractivity contribution in [1.29, 1.82) is 0 Å². The van der Waals surface area contributed by atoms with Crippen LogP contribution in [-0.2, 0) is 6.42 Å². The van der Waals surface area contributed by atoms with Crippen molar-refractivity contribution < 1.29 is 9.90 Å². The van der Waals surface area contributed by atoms with Crippen molar-refractivity contribution in [3.05, 3.63) is 57.6 Å². The Morgan fingerprint density at radius 2 is 2.05 bits per heavy atom. The molecule has 0 bridgehead atoms. The molecule has 21 heavy (non-hydrogen) atoms. The van der Waals surface area contributed by atoms with Crippen molar-refractivity contribution in [2.45, 2.75) is 19.8 Å². The molecule has 2 aromatic carbocycles. The van der Waals surface area contributed by atoms with E-state index in [-0.39, 0.29) is 0 Å². The van der Waals surface area contributed by atoms with Crippen molar-refractivity contribution >= 4 is 33.3 Å². The van der Waals surface area contributed by atoms with Crippen molar-refractivity contribution in [2.75, 3.05) is 11.4 Å². The Labute approximate surface area is 132 Å². The summed E-state index contributed by atoms with van der Waals surface area (Å²) >= 11 is 3.41. The number of carboxylic acids is 1. The summed E-state index contributed by atoms with van der Waals surface area (Å²) < 4.78 is 0.789. The quantitative estimate of drug-likeness (QED) is 0.868. The number of aromatic carboxylic acids is 1. The number of fused-ring (bicyclic) bond motifs is 1. The van der Waals surface area contributed by atoms with Crippen LogP contribution >= 0.6 is 15.9 Å². The lowest BCUT2D eigenvalue weighted by Gasteiger charge is -2.32. The molecule has 0 saturated heterocycles. The van der Waals surface area contributed by atoms with E-state index in [1.54, 1.807) is 12.1 Å². The fourth-order valence-corrected chi connectivity index (χ4v) is 3.33. The van der Waals surface area contributed by atoms with Crippen molar-refractivity contribution in [2.24, 2.45) is 0 Å². The first kappa shape index (κ1) is 14.1. The van der Waals surface area contributed by atoms with Gasteiger partial charge >= 0.3 is 5.97 Å². The van der Waals surface area contributed by atoms with Gasteiger partial charge in [-0.2, -0.15) is 0 Å². The summed E-state index contributed by atoms with van der Waals surface area (Å²) in [6.45, 7) is 3.01.